The molecule has 4 atom stereocenters. The van der Waals surface area contributed by atoms with Crippen LogP contribution in [0.4, 0.5) is 22.7 Å². The fraction of sp³-hybridized carbons (Fsp3) is 0.327. The molecule has 0 radical (unpaired) electrons. The van der Waals surface area contributed by atoms with Gasteiger partial charge in [-0.05, 0) is 89.9 Å². The molecule has 0 aromatic heterocycles. The monoisotopic (exact) mass is 956 g/mol. The second-order valence-electron chi connectivity index (χ2n) is 17.2. The lowest BCUT2D eigenvalue weighted by atomic mass is 9.93. The number of para-hydroxylation sites is 1. The number of amides is 4. The molecule has 0 spiro atoms. The number of methoxy groups -OCH3 is 2. The molecule has 3 aliphatic rings. The van der Waals surface area contributed by atoms with Crippen LogP contribution in [0.2, 0.25) is 0 Å². The zero-order chi connectivity index (χ0) is 47.7. The topological polar surface area (TPSA) is 183 Å². The number of nitrogens with one attached hydrogen (secondary N) is 3. The van der Waals surface area contributed by atoms with Crippen LogP contribution in [0, 0.1) is 0 Å². The van der Waals surface area contributed by atoms with Crippen molar-refractivity contribution >= 4 is 74.7 Å². The average Bonchev–Trinajstić information content (AvgIpc) is 3.65. The summed E-state index contributed by atoms with van der Waals surface area (Å²) >= 11 is 0. The zero-order valence-electron chi connectivity index (χ0n) is 38.5. The van der Waals surface area contributed by atoms with Crippen molar-refractivity contribution in [2.24, 2.45) is 10.7 Å². The maximum atomic E-state index is 14.1. The van der Waals surface area contributed by atoms with E-state index in [-0.39, 0.29) is 53.5 Å². The largest absolute Gasteiger partial charge is 0.493 e. The number of hydrogen-bond acceptors (Lipinski definition) is 12. The lowest BCUT2D eigenvalue weighted by molar-refractivity contribution is -0.118. The van der Waals surface area contributed by atoms with Crippen molar-refractivity contribution < 1.29 is 38.1 Å². The molecule has 5 aromatic rings. The third-order valence-electron chi connectivity index (χ3n) is 12.1. The second kappa shape index (κ2) is 22.0. The first-order valence-electron chi connectivity index (χ1n) is 22.7. The summed E-state index contributed by atoms with van der Waals surface area (Å²) in [6.45, 7) is 4.94. The quantitative estimate of drug-likeness (QED) is 0.0432. The number of rotatable bonds is 20. The summed E-state index contributed by atoms with van der Waals surface area (Å²) in [5.74, 6) is 1.30. The Morgan fingerprint density at radius 1 is 0.809 bits per heavy atom. The Labute approximate surface area is 404 Å². The summed E-state index contributed by atoms with van der Waals surface area (Å²) in [7, 11) is 6.55. The molecular weight excluding hydrogens is 901 g/mol. The van der Waals surface area contributed by atoms with Crippen LogP contribution in [0.5, 0.6) is 23.0 Å². The predicted octanol–water partition coefficient (Wildman–Crippen LogP) is 9.04. The number of nitrogens with two attached hydrogens (primary N) is 1. The molecule has 4 amide bonds. The van der Waals surface area contributed by atoms with Gasteiger partial charge in [-0.15, -0.1) is 0 Å². The Morgan fingerprint density at radius 3 is 2.15 bits per heavy atom. The van der Waals surface area contributed by atoms with E-state index >= 15 is 0 Å². The van der Waals surface area contributed by atoms with Crippen molar-refractivity contribution in [1.82, 2.24) is 5.32 Å². The molecule has 14 nitrogen and oxygen atoms in total. The molecule has 0 saturated heterocycles. The SMILES string of the molecule is COc1cc2c(cc1OCc1cc(COc3cc4c(cc3OC)C(=O)N3c5ccccc5CC3CN4)cc(NC(=O)CCC(C)SSC(C)CCC(N)=O)c1)N=C[C@@H](NC=O)Cc1ccccc1-2. The molecule has 3 heterocycles. The number of carbonyl (C=O) groups is 4. The van der Waals surface area contributed by atoms with Gasteiger partial charge >= 0.3 is 0 Å². The molecule has 8 rings (SSSR count). The summed E-state index contributed by atoms with van der Waals surface area (Å²) in [4.78, 5) is 56.9. The third kappa shape index (κ3) is 11.4. The van der Waals surface area contributed by atoms with Crippen molar-refractivity contribution in [2.75, 3.05) is 36.3 Å². The van der Waals surface area contributed by atoms with Gasteiger partial charge in [-0.2, -0.15) is 0 Å². The Balaban J connectivity index is 1.03. The van der Waals surface area contributed by atoms with Crippen molar-refractivity contribution in [3.8, 4) is 34.1 Å². The summed E-state index contributed by atoms with van der Waals surface area (Å²) in [6.07, 6.45) is 5.78. The van der Waals surface area contributed by atoms with Crippen molar-refractivity contribution in [3.63, 3.8) is 0 Å². The van der Waals surface area contributed by atoms with Gasteiger partial charge in [0.25, 0.3) is 5.91 Å². The minimum absolute atomic E-state index is 0.0248. The predicted molar refractivity (Wildman–Crippen MR) is 271 cm³/mol. The molecule has 0 saturated carbocycles. The van der Waals surface area contributed by atoms with Gasteiger partial charge in [0, 0.05) is 65.2 Å². The van der Waals surface area contributed by atoms with Crippen LogP contribution in [0.15, 0.2) is 96.0 Å². The summed E-state index contributed by atoms with van der Waals surface area (Å²) in [5, 5.41) is 9.91. The molecule has 68 heavy (non-hydrogen) atoms. The van der Waals surface area contributed by atoms with Crippen molar-refractivity contribution in [3.05, 3.63) is 119 Å². The molecule has 0 bridgehead atoms. The fourth-order valence-electron chi connectivity index (χ4n) is 8.68. The number of anilines is 3. The van der Waals surface area contributed by atoms with E-state index in [0.717, 1.165) is 45.5 Å². The van der Waals surface area contributed by atoms with Gasteiger partial charge in [-0.25, -0.2) is 0 Å². The molecule has 3 aliphatic heterocycles. The van der Waals surface area contributed by atoms with E-state index in [2.05, 4.69) is 35.9 Å². The highest BCUT2D eigenvalue weighted by molar-refractivity contribution is 8.77. The smallest absolute Gasteiger partial charge is 0.260 e. The number of aliphatic imine (C=N–C) groups is 1. The summed E-state index contributed by atoms with van der Waals surface area (Å²) in [6, 6.07) is 28.7. The van der Waals surface area contributed by atoms with Crippen LogP contribution in [-0.2, 0) is 40.4 Å². The van der Waals surface area contributed by atoms with E-state index in [1.807, 2.05) is 83.8 Å². The van der Waals surface area contributed by atoms with Gasteiger partial charge in [0.1, 0.15) is 13.2 Å². The number of carbonyl (C=O) groups excluding carboxylic acids is 4. The number of ether oxygens (including phenoxy) is 4. The van der Waals surface area contributed by atoms with E-state index < -0.39 is 0 Å². The molecule has 0 fully saturated rings. The molecule has 5 aromatic carbocycles. The van der Waals surface area contributed by atoms with E-state index in [1.165, 1.54) is 0 Å². The fourth-order valence-corrected chi connectivity index (χ4v) is 11.2. The maximum Gasteiger partial charge on any atom is 0.260 e. The minimum atomic E-state index is -0.303. The molecule has 354 valence electrons. The Bertz CT molecular complexity index is 2710. The van der Waals surface area contributed by atoms with Crippen LogP contribution in [0.1, 0.15) is 72.1 Å². The molecule has 5 N–H and O–H groups in total. The van der Waals surface area contributed by atoms with Crippen LogP contribution in [-0.4, -0.2) is 73.7 Å². The first-order chi connectivity index (χ1) is 33.0. The average molecular weight is 957 g/mol. The Morgan fingerprint density at radius 2 is 1.46 bits per heavy atom. The lowest BCUT2D eigenvalue weighted by Crippen LogP contribution is -2.39. The van der Waals surface area contributed by atoms with E-state index in [9.17, 15) is 19.2 Å². The van der Waals surface area contributed by atoms with Crippen LogP contribution >= 0.6 is 21.6 Å². The van der Waals surface area contributed by atoms with E-state index in [4.69, 9.17) is 29.7 Å². The highest BCUT2D eigenvalue weighted by Crippen LogP contribution is 2.44. The zero-order valence-corrected chi connectivity index (χ0v) is 40.2. The van der Waals surface area contributed by atoms with Gasteiger partial charge in [0.2, 0.25) is 18.2 Å². The summed E-state index contributed by atoms with van der Waals surface area (Å²) in [5.41, 5.74) is 14.2. The van der Waals surface area contributed by atoms with Gasteiger partial charge in [0.05, 0.1) is 43.2 Å². The van der Waals surface area contributed by atoms with Crippen LogP contribution < -0.4 is 45.5 Å². The number of nitrogens with zero attached hydrogens (tertiary/aromatic N) is 2. The molecule has 0 aliphatic carbocycles. The number of primary amides is 1. The van der Waals surface area contributed by atoms with E-state index in [1.54, 1.807) is 48.1 Å². The van der Waals surface area contributed by atoms with Gasteiger partial charge in [-0.1, -0.05) is 77.9 Å². The maximum absolute atomic E-state index is 14.1. The molecule has 3 unspecified atom stereocenters. The van der Waals surface area contributed by atoms with Gasteiger partial charge < -0.3 is 45.5 Å². The highest BCUT2D eigenvalue weighted by Gasteiger charge is 2.38. The van der Waals surface area contributed by atoms with Gasteiger partial charge in [-0.3, -0.25) is 24.2 Å². The molecular formula is C52H56N6O8S2. The Hall–Kier alpha value is -6.65. The third-order valence-corrected chi connectivity index (χ3v) is 15.7. The van der Waals surface area contributed by atoms with Crippen LogP contribution in [0.3, 0.4) is 0 Å². The first kappa shape index (κ1) is 47.8. The van der Waals surface area contributed by atoms with Crippen molar-refractivity contribution in [2.45, 2.75) is 88.2 Å². The normalized spacial score (nSPS) is 16.4. The van der Waals surface area contributed by atoms with Gasteiger partial charge in [0.15, 0.2) is 23.0 Å². The first-order valence-corrected chi connectivity index (χ1v) is 25.0. The Kier molecular flexibility index (Phi) is 15.5. The molecule has 16 heteroatoms. The highest BCUT2D eigenvalue weighted by atomic mass is 33.1. The summed E-state index contributed by atoms with van der Waals surface area (Å²) < 4.78 is 24.7. The second-order valence-corrected chi connectivity index (χ2v) is 20.3. The minimum Gasteiger partial charge on any atom is -0.493 e. The number of benzene rings is 5. The standard InChI is InChI=1S/C52H56N6O8S2/c1-31(13-15-50(53)60)67-68-32(2)14-16-51(61)57-37-18-33(28-65-48-24-43-41(22-46(48)63-3)40-11-7-5-9-35(40)20-38(26-54-43)56-30-59)17-34(19-37)29-66-49-25-44-42(23-47(49)64-4)52(62)58-39(27-55-44)21-36-10-6-8-12-45(36)58/h5-12,17-19,22-26,30-32,38-39,55H,13-16,20-21,27-29H2,1-4H3,(H2,53,60)(H,56,59)(H,57,61)/t31?,32?,38-,39?/m0/s1. The van der Waals surface area contributed by atoms with E-state index in [0.29, 0.717) is 90.7 Å². The van der Waals surface area contributed by atoms with Crippen molar-refractivity contribution in [1.29, 1.82) is 0 Å². The number of fused-ring (bicyclic) bond motifs is 7. The lowest BCUT2D eigenvalue weighted by Gasteiger charge is -2.22. The number of hydrogen-bond donors (Lipinski definition) is 4. The van der Waals surface area contributed by atoms with Crippen LogP contribution in [0.25, 0.3) is 11.1 Å².